The summed E-state index contributed by atoms with van der Waals surface area (Å²) < 4.78 is 0. The Labute approximate surface area is 158 Å². The van der Waals surface area contributed by atoms with E-state index in [0.717, 1.165) is 28.8 Å². The number of carboxylic acid groups (broad SMARTS) is 1. The molecule has 2 aromatic carbocycles. The zero-order valence-electron chi connectivity index (χ0n) is 15.9. The molecule has 0 radical (unpaired) electrons. The number of hydrogen-bond donors (Lipinski definition) is 1. The van der Waals surface area contributed by atoms with Crippen molar-refractivity contribution in [1.82, 2.24) is 0 Å². The molecular formula is C23H29O2P. The van der Waals surface area contributed by atoms with Crippen molar-refractivity contribution in [2.75, 3.05) is 12.8 Å². The number of aromatic carboxylic acids is 1. The van der Waals surface area contributed by atoms with Crippen molar-refractivity contribution in [3.63, 3.8) is 0 Å². The van der Waals surface area contributed by atoms with Crippen LogP contribution >= 0.6 is 7.92 Å². The van der Waals surface area contributed by atoms with Crippen LogP contribution in [0.2, 0.25) is 0 Å². The number of aryl methyl sites for hydroxylation is 1. The van der Waals surface area contributed by atoms with Crippen LogP contribution in [-0.2, 0) is 6.16 Å². The highest BCUT2D eigenvalue weighted by molar-refractivity contribution is 7.56. The molecule has 2 nitrogen and oxygen atoms in total. The lowest BCUT2D eigenvalue weighted by atomic mass is 9.91. The Morgan fingerprint density at radius 2 is 1.81 bits per heavy atom. The smallest absolute Gasteiger partial charge is 0.336 e. The molecule has 1 N–H and O–H groups in total. The van der Waals surface area contributed by atoms with Crippen LogP contribution in [0.15, 0.2) is 42.5 Å². The van der Waals surface area contributed by atoms with Gasteiger partial charge in [0, 0.05) is 0 Å². The normalized spacial score (nSPS) is 16.4. The zero-order chi connectivity index (χ0) is 18.5. The van der Waals surface area contributed by atoms with Crippen molar-refractivity contribution in [3.05, 3.63) is 59.2 Å². The maximum atomic E-state index is 11.7. The first-order valence-electron chi connectivity index (χ1n) is 9.65. The quantitative estimate of drug-likeness (QED) is 0.587. The van der Waals surface area contributed by atoms with Gasteiger partial charge in [0.15, 0.2) is 0 Å². The fraction of sp³-hybridized carbons (Fsp3) is 0.435. The minimum Gasteiger partial charge on any atom is -0.478 e. The highest BCUT2D eigenvalue weighted by Gasteiger charge is 2.18. The van der Waals surface area contributed by atoms with Gasteiger partial charge >= 0.3 is 5.97 Å². The van der Waals surface area contributed by atoms with E-state index in [4.69, 9.17) is 0 Å². The maximum absolute atomic E-state index is 11.7. The van der Waals surface area contributed by atoms with Crippen molar-refractivity contribution in [1.29, 1.82) is 0 Å². The molecule has 0 amide bonds. The van der Waals surface area contributed by atoms with Crippen LogP contribution in [0.3, 0.4) is 0 Å². The van der Waals surface area contributed by atoms with Gasteiger partial charge in [-0.05, 0) is 66.2 Å². The Kier molecular flexibility index (Phi) is 6.48. The fourth-order valence-electron chi connectivity index (χ4n) is 4.16. The number of carboxylic acids is 1. The highest BCUT2D eigenvalue weighted by Crippen LogP contribution is 2.42. The molecule has 0 spiro atoms. The van der Waals surface area contributed by atoms with Gasteiger partial charge in [0.05, 0.1) is 5.56 Å². The zero-order valence-corrected chi connectivity index (χ0v) is 16.8. The van der Waals surface area contributed by atoms with Gasteiger partial charge in [-0.15, -0.1) is 7.92 Å². The van der Waals surface area contributed by atoms with E-state index in [-0.39, 0.29) is 7.92 Å². The second kappa shape index (κ2) is 8.82. The number of rotatable bonds is 6. The molecule has 0 aromatic heterocycles. The lowest BCUT2D eigenvalue weighted by Crippen LogP contribution is -2.10. The summed E-state index contributed by atoms with van der Waals surface area (Å²) in [6.07, 6.45) is 9.46. The van der Waals surface area contributed by atoms with Gasteiger partial charge < -0.3 is 5.11 Å². The molecule has 1 atom stereocenters. The molecule has 3 heteroatoms. The number of benzene rings is 2. The van der Waals surface area contributed by atoms with E-state index in [2.05, 4.69) is 12.7 Å². The Balaban J connectivity index is 1.81. The predicted octanol–water partition coefficient (Wildman–Crippen LogP) is 6.55. The summed E-state index contributed by atoms with van der Waals surface area (Å²) in [6.45, 7) is 4.45. The Morgan fingerprint density at radius 3 is 2.50 bits per heavy atom. The van der Waals surface area contributed by atoms with E-state index in [1.807, 2.05) is 37.3 Å². The minimum atomic E-state index is -0.851. The second-order valence-electron chi connectivity index (χ2n) is 7.70. The molecule has 1 unspecified atom stereocenters. The van der Waals surface area contributed by atoms with E-state index >= 15 is 0 Å². The molecule has 138 valence electrons. The third-order valence-corrected chi connectivity index (χ3v) is 7.54. The van der Waals surface area contributed by atoms with Crippen LogP contribution in [0, 0.1) is 12.8 Å². The third-order valence-electron chi connectivity index (χ3n) is 5.50. The SMILES string of the molecule is Cc1ccccc1-c1cc(CP(C)CC2CCCCC2)ccc1C(=O)O. The summed E-state index contributed by atoms with van der Waals surface area (Å²) in [5.74, 6) is 0.0600. The van der Waals surface area contributed by atoms with Crippen LogP contribution in [-0.4, -0.2) is 23.9 Å². The third kappa shape index (κ3) is 4.74. The molecule has 3 rings (SSSR count). The molecule has 1 aliphatic rings. The summed E-state index contributed by atoms with van der Waals surface area (Å²) in [6, 6.07) is 14.0. The average Bonchev–Trinajstić information content (AvgIpc) is 2.62. The molecule has 0 aliphatic heterocycles. The van der Waals surface area contributed by atoms with Gasteiger partial charge in [0.2, 0.25) is 0 Å². The minimum absolute atomic E-state index is 0.0410. The highest BCUT2D eigenvalue weighted by atomic mass is 31.1. The van der Waals surface area contributed by atoms with E-state index in [0.29, 0.717) is 5.56 Å². The summed E-state index contributed by atoms with van der Waals surface area (Å²) in [4.78, 5) is 11.7. The van der Waals surface area contributed by atoms with E-state index in [1.54, 1.807) is 6.07 Å². The molecule has 0 saturated heterocycles. The maximum Gasteiger partial charge on any atom is 0.336 e. The van der Waals surface area contributed by atoms with Crippen molar-refractivity contribution in [2.24, 2.45) is 5.92 Å². The Morgan fingerprint density at radius 1 is 1.08 bits per heavy atom. The summed E-state index contributed by atoms with van der Waals surface area (Å²) >= 11 is 0. The van der Waals surface area contributed by atoms with E-state index in [9.17, 15) is 9.90 Å². The molecule has 0 bridgehead atoms. The number of carbonyl (C=O) groups is 1. The standard InChI is InChI=1S/C23H29O2P/c1-17-8-6-7-11-20(17)22-14-19(12-13-21(22)23(24)25)16-26(2)15-18-9-4-3-5-10-18/h6-8,11-14,18H,3-5,9-10,15-16H2,1-2H3,(H,24,25). The molecule has 26 heavy (non-hydrogen) atoms. The summed E-state index contributed by atoms with van der Waals surface area (Å²) in [5.41, 5.74) is 4.68. The average molecular weight is 368 g/mol. The van der Waals surface area contributed by atoms with Crippen molar-refractivity contribution >= 4 is 13.9 Å². The molecule has 1 aliphatic carbocycles. The lowest BCUT2D eigenvalue weighted by Gasteiger charge is -2.25. The molecular weight excluding hydrogens is 339 g/mol. The molecule has 1 saturated carbocycles. The first-order chi connectivity index (χ1) is 12.5. The molecule has 0 heterocycles. The molecule has 1 fully saturated rings. The topological polar surface area (TPSA) is 37.3 Å². The predicted molar refractivity (Wildman–Crippen MR) is 112 cm³/mol. The van der Waals surface area contributed by atoms with Crippen molar-refractivity contribution < 1.29 is 9.90 Å². The van der Waals surface area contributed by atoms with E-state index < -0.39 is 5.97 Å². The summed E-state index contributed by atoms with van der Waals surface area (Å²) in [7, 11) is -0.0410. The van der Waals surface area contributed by atoms with Gasteiger partial charge in [-0.1, -0.05) is 62.4 Å². The largest absolute Gasteiger partial charge is 0.478 e. The van der Waals surface area contributed by atoms with Crippen LogP contribution in [0.4, 0.5) is 0 Å². The van der Waals surface area contributed by atoms with Gasteiger partial charge in [-0.25, -0.2) is 4.79 Å². The van der Waals surface area contributed by atoms with Crippen LogP contribution in [0.5, 0.6) is 0 Å². The van der Waals surface area contributed by atoms with Gasteiger partial charge in [-0.2, -0.15) is 0 Å². The van der Waals surface area contributed by atoms with Crippen LogP contribution < -0.4 is 0 Å². The first-order valence-corrected chi connectivity index (χ1v) is 11.8. The first kappa shape index (κ1) is 19.1. The Bertz CT molecular complexity index is 763. The van der Waals surface area contributed by atoms with Crippen molar-refractivity contribution in [3.8, 4) is 11.1 Å². The fourth-order valence-corrected chi connectivity index (χ4v) is 6.36. The lowest BCUT2D eigenvalue weighted by molar-refractivity contribution is 0.0697. The van der Waals surface area contributed by atoms with Crippen LogP contribution in [0.25, 0.3) is 11.1 Å². The Hall–Kier alpha value is -1.66. The number of hydrogen-bond acceptors (Lipinski definition) is 1. The van der Waals surface area contributed by atoms with Gasteiger partial charge in [0.25, 0.3) is 0 Å². The van der Waals surface area contributed by atoms with Crippen LogP contribution in [0.1, 0.15) is 53.6 Å². The van der Waals surface area contributed by atoms with Gasteiger partial charge in [-0.3, -0.25) is 0 Å². The second-order valence-corrected chi connectivity index (χ2v) is 10.1. The van der Waals surface area contributed by atoms with Gasteiger partial charge in [0.1, 0.15) is 0 Å². The monoisotopic (exact) mass is 368 g/mol. The molecule has 2 aromatic rings. The summed E-state index contributed by atoms with van der Waals surface area (Å²) in [5, 5.41) is 9.61. The van der Waals surface area contributed by atoms with E-state index in [1.165, 1.54) is 43.8 Å². The van der Waals surface area contributed by atoms with Crippen molar-refractivity contribution in [2.45, 2.75) is 45.2 Å².